The van der Waals surface area contributed by atoms with Crippen molar-refractivity contribution < 1.29 is 4.79 Å². The van der Waals surface area contributed by atoms with Gasteiger partial charge in [-0.2, -0.15) is 10.4 Å². The zero-order chi connectivity index (χ0) is 20.2. The first-order valence-electron chi connectivity index (χ1n) is 9.09. The van der Waals surface area contributed by atoms with Gasteiger partial charge in [-0.25, -0.2) is 0 Å². The number of amides is 1. The molecule has 3 aromatic rings. The fourth-order valence-corrected chi connectivity index (χ4v) is 3.44. The molecule has 1 N–H and O–H groups in total. The van der Waals surface area contributed by atoms with Crippen molar-refractivity contribution >= 4 is 35.0 Å². The third-order valence-corrected chi connectivity index (χ3v) is 4.77. The lowest BCUT2D eigenvalue weighted by Crippen LogP contribution is -2.30. The van der Waals surface area contributed by atoms with Crippen LogP contribution in [0.5, 0.6) is 0 Å². The molecule has 7 heteroatoms. The predicted octanol–water partition coefficient (Wildman–Crippen LogP) is 3.73. The molecule has 0 unspecified atom stereocenters. The van der Waals surface area contributed by atoms with Gasteiger partial charge in [-0.3, -0.25) is 14.4 Å². The zero-order valence-corrected chi connectivity index (χ0v) is 16.3. The molecule has 4 rings (SSSR count). The predicted molar refractivity (Wildman–Crippen MR) is 116 cm³/mol. The molecule has 0 saturated carbocycles. The van der Waals surface area contributed by atoms with Gasteiger partial charge in [-0.05, 0) is 30.4 Å². The van der Waals surface area contributed by atoms with Crippen molar-refractivity contribution in [1.29, 1.82) is 5.26 Å². The highest BCUT2D eigenvalue weighted by molar-refractivity contribution is 7.80. The smallest absolute Gasteiger partial charge is 0.281 e. The lowest BCUT2D eigenvalue weighted by molar-refractivity contribution is -0.113. The molecule has 0 bridgehead atoms. The summed E-state index contributed by atoms with van der Waals surface area (Å²) in [5.74, 6) is -0.218. The summed E-state index contributed by atoms with van der Waals surface area (Å²) < 4.78 is 1.73. The second-order valence-corrected chi connectivity index (χ2v) is 6.82. The van der Waals surface area contributed by atoms with Crippen molar-refractivity contribution in [3.8, 4) is 17.3 Å². The van der Waals surface area contributed by atoms with Crippen LogP contribution in [-0.4, -0.2) is 20.8 Å². The number of aromatic nitrogens is 2. The van der Waals surface area contributed by atoms with Gasteiger partial charge >= 0.3 is 0 Å². The number of para-hydroxylation sites is 1. The highest BCUT2D eigenvalue weighted by atomic mass is 32.1. The van der Waals surface area contributed by atoms with E-state index in [4.69, 9.17) is 17.5 Å². The Kier molecular flexibility index (Phi) is 5.18. The van der Waals surface area contributed by atoms with Crippen LogP contribution in [0.2, 0.25) is 0 Å². The molecule has 1 aliphatic rings. The largest absolute Gasteiger partial charge is 0.327 e. The number of thiocarbonyl (C=S) groups is 1. The highest BCUT2D eigenvalue weighted by Crippen LogP contribution is 2.27. The van der Waals surface area contributed by atoms with E-state index in [9.17, 15) is 4.79 Å². The second kappa shape index (κ2) is 8.09. The van der Waals surface area contributed by atoms with Crippen molar-refractivity contribution in [3.63, 3.8) is 0 Å². The molecule has 2 heterocycles. The van der Waals surface area contributed by atoms with Gasteiger partial charge in [0.25, 0.3) is 5.91 Å². The van der Waals surface area contributed by atoms with Crippen LogP contribution >= 0.6 is 12.2 Å². The first-order chi connectivity index (χ1) is 14.2. The van der Waals surface area contributed by atoms with Crippen LogP contribution in [0.3, 0.4) is 0 Å². The Labute approximate surface area is 173 Å². The maximum absolute atomic E-state index is 13.0. The van der Waals surface area contributed by atoms with Gasteiger partial charge in [0.05, 0.1) is 30.4 Å². The lowest BCUT2D eigenvalue weighted by atomic mass is 10.1. The minimum Gasteiger partial charge on any atom is -0.327 e. The monoisotopic (exact) mass is 399 g/mol. The lowest BCUT2D eigenvalue weighted by Gasteiger charge is -2.13. The SMILES string of the molecule is N#CCCn1cc(/C=C2\NC(=S)N(c3ccccc3)C2=O)c(-c2ccccc2)n1. The van der Waals surface area contributed by atoms with Crippen LogP contribution in [0.25, 0.3) is 17.3 Å². The molecule has 1 amide bonds. The number of anilines is 1. The molecule has 2 aromatic carbocycles. The van der Waals surface area contributed by atoms with E-state index in [0.717, 1.165) is 16.8 Å². The topological polar surface area (TPSA) is 74.0 Å². The van der Waals surface area contributed by atoms with E-state index < -0.39 is 0 Å². The normalized spacial score (nSPS) is 14.9. The summed E-state index contributed by atoms with van der Waals surface area (Å²) in [6, 6.07) is 21.1. The number of aryl methyl sites for hydroxylation is 1. The van der Waals surface area contributed by atoms with Gasteiger partial charge in [0.15, 0.2) is 5.11 Å². The van der Waals surface area contributed by atoms with Crippen LogP contribution in [0.15, 0.2) is 72.6 Å². The van der Waals surface area contributed by atoms with Gasteiger partial charge in [0.1, 0.15) is 5.70 Å². The molecule has 0 radical (unpaired) electrons. The number of nitriles is 1. The molecule has 1 saturated heterocycles. The van der Waals surface area contributed by atoms with Crippen molar-refractivity contribution in [1.82, 2.24) is 15.1 Å². The van der Waals surface area contributed by atoms with Gasteiger partial charge < -0.3 is 5.32 Å². The van der Waals surface area contributed by atoms with E-state index >= 15 is 0 Å². The number of rotatable bonds is 5. The Morgan fingerprint density at radius 1 is 1.10 bits per heavy atom. The van der Waals surface area contributed by atoms with Gasteiger partial charge in [0, 0.05) is 17.3 Å². The van der Waals surface area contributed by atoms with Crippen molar-refractivity contribution in [2.75, 3.05) is 4.90 Å². The van der Waals surface area contributed by atoms with Gasteiger partial charge in [0.2, 0.25) is 0 Å². The Bertz CT molecular complexity index is 1130. The van der Waals surface area contributed by atoms with Crippen LogP contribution in [0.1, 0.15) is 12.0 Å². The molecule has 0 atom stereocenters. The number of hydrogen-bond acceptors (Lipinski definition) is 4. The Hall–Kier alpha value is -3.76. The number of benzene rings is 2. The van der Waals surface area contributed by atoms with Crippen LogP contribution in [-0.2, 0) is 11.3 Å². The first kappa shape index (κ1) is 18.6. The summed E-state index contributed by atoms with van der Waals surface area (Å²) in [7, 11) is 0. The minimum atomic E-state index is -0.218. The fourth-order valence-electron chi connectivity index (χ4n) is 3.14. The van der Waals surface area contributed by atoms with E-state index in [2.05, 4.69) is 16.5 Å². The Balaban J connectivity index is 1.72. The number of carbonyl (C=O) groups excluding carboxylic acids is 1. The first-order valence-corrected chi connectivity index (χ1v) is 9.50. The van der Waals surface area contributed by atoms with Gasteiger partial charge in [-0.1, -0.05) is 48.5 Å². The third kappa shape index (κ3) is 3.79. The molecule has 1 aliphatic heterocycles. The number of nitrogens with one attached hydrogen (secondary N) is 1. The Morgan fingerprint density at radius 2 is 1.79 bits per heavy atom. The summed E-state index contributed by atoms with van der Waals surface area (Å²) in [5, 5.41) is 16.8. The average Bonchev–Trinajstić information content (AvgIpc) is 3.28. The molecule has 6 nitrogen and oxygen atoms in total. The fraction of sp³-hybridized carbons (Fsp3) is 0.0909. The molecular weight excluding hydrogens is 382 g/mol. The second-order valence-electron chi connectivity index (χ2n) is 6.43. The van der Waals surface area contributed by atoms with Crippen molar-refractivity contribution in [2.45, 2.75) is 13.0 Å². The van der Waals surface area contributed by atoms with Crippen molar-refractivity contribution in [2.24, 2.45) is 0 Å². The molecule has 1 fully saturated rings. The van der Waals surface area contributed by atoms with E-state index in [1.807, 2.05) is 66.9 Å². The molecule has 0 spiro atoms. The number of nitrogens with zero attached hydrogens (tertiary/aromatic N) is 4. The third-order valence-electron chi connectivity index (χ3n) is 4.48. The van der Waals surface area contributed by atoms with E-state index in [-0.39, 0.29) is 5.91 Å². The van der Waals surface area contributed by atoms with Crippen LogP contribution in [0.4, 0.5) is 5.69 Å². The van der Waals surface area contributed by atoms with Crippen molar-refractivity contribution in [3.05, 3.63) is 78.1 Å². The zero-order valence-electron chi connectivity index (χ0n) is 15.4. The Morgan fingerprint density at radius 3 is 2.48 bits per heavy atom. The summed E-state index contributed by atoms with van der Waals surface area (Å²) in [5.41, 5.74) is 3.56. The minimum absolute atomic E-state index is 0.218. The highest BCUT2D eigenvalue weighted by Gasteiger charge is 2.32. The number of hydrogen-bond donors (Lipinski definition) is 1. The van der Waals surface area contributed by atoms with Crippen LogP contribution in [0, 0.1) is 11.3 Å². The van der Waals surface area contributed by atoms with E-state index in [1.54, 1.807) is 10.8 Å². The van der Waals surface area contributed by atoms with Gasteiger partial charge in [-0.15, -0.1) is 0 Å². The summed E-state index contributed by atoms with van der Waals surface area (Å²) >= 11 is 5.38. The maximum atomic E-state index is 13.0. The molecule has 29 heavy (non-hydrogen) atoms. The van der Waals surface area contributed by atoms with Crippen LogP contribution < -0.4 is 10.2 Å². The molecule has 142 valence electrons. The quantitative estimate of drug-likeness (QED) is 0.523. The average molecular weight is 399 g/mol. The summed E-state index contributed by atoms with van der Waals surface area (Å²) in [6.07, 6.45) is 3.96. The van der Waals surface area contributed by atoms with E-state index in [1.165, 1.54) is 4.90 Å². The summed E-state index contributed by atoms with van der Waals surface area (Å²) in [4.78, 5) is 14.5. The maximum Gasteiger partial charge on any atom is 0.281 e. The van der Waals surface area contributed by atoms with E-state index in [0.29, 0.717) is 29.5 Å². The molecule has 0 aliphatic carbocycles. The molecule has 1 aromatic heterocycles. The summed E-state index contributed by atoms with van der Waals surface area (Å²) in [6.45, 7) is 0.482. The number of carbonyl (C=O) groups is 1. The molecular formula is C22H17N5OS. The standard InChI is InChI=1S/C22H17N5OS/c23-12-7-13-26-15-17(20(25-26)16-8-3-1-4-9-16)14-19-21(28)27(22(29)24-19)18-10-5-2-6-11-18/h1-6,8-11,14-15H,7,13H2,(H,24,29)/b19-14-.